The number of ether oxygens (including phenoxy) is 6. The van der Waals surface area contributed by atoms with E-state index in [9.17, 15) is 4.57 Å². The van der Waals surface area contributed by atoms with Gasteiger partial charge in [-0.1, -0.05) is 60.7 Å². The first-order valence-corrected chi connectivity index (χ1v) is 13.8. The van der Waals surface area contributed by atoms with Gasteiger partial charge in [0.25, 0.3) is 0 Å². The summed E-state index contributed by atoms with van der Waals surface area (Å²) in [5.41, 5.74) is 1.06. The van der Waals surface area contributed by atoms with Crippen LogP contribution in [0.1, 0.15) is 25.8 Å². The Kier molecular flexibility index (Phi) is 6.97. The lowest BCUT2D eigenvalue weighted by Gasteiger charge is -2.29. The topological polar surface area (TPSA) is 72.5 Å². The second kappa shape index (κ2) is 9.82. The predicted molar refractivity (Wildman–Crippen MR) is 127 cm³/mol. The summed E-state index contributed by atoms with van der Waals surface area (Å²) in [6.45, 7) is 4.37. The van der Waals surface area contributed by atoms with Crippen molar-refractivity contribution >= 4 is 12.4 Å². The van der Waals surface area contributed by atoms with Gasteiger partial charge in [0.1, 0.15) is 31.3 Å². The van der Waals surface area contributed by atoms with Crippen molar-refractivity contribution in [1.29, 1.82) is 0 Å². The molecule has 5 rings (SSSR count). The zero-order valence-corrected chi connectivity index (χ0v) is 20.8. The van der Waals surface area contributed by atoms with E-state index in [2.05, 4.69) is 0 Å². The van der Waals surface area contributed by atoms with Crippen LogP contribution in [-0.2, 0) is 39.6 Å². The van der Waals surface area contributed by atoms with Crippen molar-refractivity contribution in [2.75, 3.05) is 19.9 Å². The molecule has 0 spiro atoms. The van der Waals surface area contributed by atoms with Gasteiger partial charge in [0.05, 0.1) is 19.3 Å². The number of hydrogen-bond acceptors (Lipinski definition) is 7. The fourth-order valence-electron chi connectivity index (χ4n) is 5.12. The largest absolute Gasteiger partial charge is 0.378 e. The van der Waals surface area contributed by atoms with Gasteiger partial charge in [-0.25, -0.2) is 0 Å². The zero-order chi connectivity index (χ0) is 23.8. The van der Waals surface area contributed by atoms with Crippen LogP contribution in [-0.4, -0.2) is 62.2 Å². The molecule has 0 N–H and O–H groups in total. The highest BCUT2D eigenvalue weighted by molar-refractivity contribution is 7.72. The minimum Gasteiger partial charge on any atom is -0.378 e. The molecule has 3 fully saturated rings. The lowest BCUT2D eigenvalue weighted by atomic mass is 10.1. The molecule has 0 saturated carbocycles. The molecule has 0 radical (unpaired) electrons. The normalized spacial score (nSPS) is 36.6. The molecular weight excluding hydrogens is 455 g/mol. The summed E-state index contributed by atoms with van der Waals surface area (Å²) in [4.78, 5) is 0. The molecule has 3 aliphatic heterocycles. The Labute approximate surface area is 201 Å². The summed E-state index contributed by atoms with van der Waals surface area (Å²) < 4.78 is 50.7. The average Bonchev–Trinajstić information content (AvgIpc) is 3.44. The summed E-state index contributed by atoms with van der Waals surface area (Å²) in [6.07, 6.45) is -0.684. The molecule has 2 aromatic rings. The quantitative estimate of drug-likeness (QED) is 0.522. The third-order valence-electron chi connectivity index (χ3n) is 6.77. The minimum absolute atomic E-state index is 0.209. The van der Waals surface area contributed by atoms with Crippen molar-refractivity contribution in [3.63, 3.8) is 0 Å². The van der Waals surface area contributed by atoms with Crippen molar-refractivity contribution < 1.29 is 33.0 Å². The van der Waals surface area contributed by atoms with Gasteiger partial charge in [-0.15, -0.1) is 0 Å². The Morgan fingerprint density at radius 2 is 1.71 bits per heavy atom. The first kappa shape index (κ1) is 24.1. The fraction of sp³-hybridized carbons (Fsp3) is 0.538. The van der Waals surface area contributed by atoms with E-state index in [-0.39, 0.29) is 24.9 Å². The minimum atomic E-state index is -2.80. The Balaban J connectivity index is 1.32. The van der Waals surface area contributed by atoms with Crippen LogP contribution in [0.2, 0.25) is 0 Å². The lowest BCUT2D eigenvalue weighted by Crippen LogP contribution is -2.40. The molecule has 3 aliphatic rings. The van der Waals surface area contributed by atoms with Crippen LogP contribution >= 0.6 is 7.14 Å². The van der Waals surface area contributed by atoms with Crippen molar-refractivity contribution in [2.24, 2.45) is 0 Å². The number of methoxy groups -OCH3 is 1. The molecule has 2 aromatic carbocycles. The van der Waals surface area contributed by atoms with E-state index >= 15 is 0 Å². The number of benzene rings is 2. The van der Waals surface area contributed by atoms with Crippen LogP contribution in [0.25, 0.3) is 0 Å². The SMILES string of the molecule is CO[C@H]1CC[P@](=O)(c2ccccc2)[C@@H]1OC[C@@H]1O[C@H]2OC(C)(C)O[C@H]2[C@H]1OCc1ccccc1. The van der Waals surface area contributed by atoms with E-state index in [4.69, 9.17) is 28.4 Å². The van der Waals surface area contributed by atoms with E-state index < -0.39 is 31.2 Å². The maximum Gasteiger partial charge on any atom is 0.190 e. The monoisotopic (exact) mass is 488 g/mol. The van der Waals surface area contributed by atoms with E-state index in [1.807, 2.05) is 74.5 Å². The van der Waals surface area contributed by atoms with E-state index in [1.54, 1.807) is 7.11 Å². The van der Waals surface area contributed by atoms with Crippen LogP contribution in [0.3, 0.4) is 0 Å². The molecule has 8 heteroatoms. The fourth-order valence-corrected chi connectivity index (χ4v) is 8.37. The molecule has 0 aromatic heterocycles. The summed E-state index contributed by atoms with van der Waals surface area (Å²) in [5.74, 6) is -1.28. The Morgan fingerprint density at radius 1 is 1.00 bits per heavy atom. The maximum absolute atomic E-state index is 14.1. The van der Waals surface area contributed by atoms with Gasteiger partial charge in [0.2, 0.25) is 0 Å². The van der Waals surface area contributed by atoms with Gasteiger partial charge in [-0.05, 0) is 25.8 Å². The number of hydrogen-bond donors (Lipinski definition) is 0. The third kappa shape index (κ3) is 4.76. The van der Waals surface area contributed by atoms with Gasteiger partial charge in [-0.3, -0.25) is 0 Å². The summed E-state index contributed by atoms with van der Waals surface area (Å²) >= 11 is 0. The van der Waals surface area contributed by atoms with Crippen LogP contribution < -0.4 is 5.30 Å². The molecular formula is C26H33O7P. The van der Waals surface area contributed by atoms with Crippen LogP contribution in [0.15, 0.2) is 60.7 Å². The molecule has 0 aliphatic carbocycles. The van der Waals surface area contributed by atoms with Crippen molar-refractivity contribution in [3.05, 3.63) is 66.2 Å². The third-order valence-corrected chi connectivity index (χ3v) is 10.2. The van der Waals surface area contributed by atoms with Crippen LogP contribution in [0, 0.1) is 0 Å². The highest BCUT2D eigenvalue weighted by Gasteiger charge is 2.56. The van der Waals surface area contributed by atoms with E-state index in [0.29, 0.717) is 19.2 Å². The second-order valence-corrected chi connectivity index (χ2v) is 12.6. The molecule has 3 saturated heterocycles. The molecule has 7 nitrogen and oxygen atoms in total. The summed E-state index contributed by atoms with van der Waals surface area (Å²) in [6, 6.07) is 19.6. The number of rotatable bonds is 8. The molecule has 0 unspecified atom stereocenters. The number of fused-ring (bicyclic) bond motifs is 1. The van der Waals surface area contributed by atoms with Crippen molar-refractivity contribution in [1.82, 2.24) is 0 Å². The molecule has 7 atom stereocenters. The van der Waals surface area contributed by atoms with Gasteiger partial charge in [0, 0.05) is 18.6 Å². The Morgan fingerprint density at radius 3 is 2.41 bits per heavy atom. The smallest absolute Gasteiger partial charge is 0.190 e. The lowest BCUT2D eigenvalue weighted by molar-refractivity contribution is -0.226. The molecule has 184 valence electrons. The molecule has 0 bridgehead atoms. The first-order chi connectivity index (χ1) is 16.4. The van der Waals surface area contributed by atoms with Crippen molar-refractivity contribution in [2.45, 2.75) is 69.2 Å². The van der Waals surface area contributed by atoms with Crippen LogP contribution in [0.4, 0.5) is 0 Å². The van der Waals surface area contributed by atoms with Crippen LogP contribution in [0.5, 0.6) is 0 Å². The maximum atomic E-state index is 14.1. The van der Waals surface area contributed by atoms with E-state index in [0.717, 1.165) is 10.9 Å². The second-order valence-electron chi connectivity index (χ2n) is 9.55. The first-order valence-electron chi connectivity index (χ1n) is 11.8. The molecule has 0 amide bonds. The average molecular weight is 489 g/mol. The van der Waals surface area contributed by atoms with Crippen molar-refractivity contribution in [3.8, 4) is 0 Å². The van der Waals surface area contributed by atoms with Gasteiger partial charge >= 0.3 is 0 Å². The van der Waals surface area contributed by atoms with Gasteiger partial charge in [0.15, 0.2) is 12.1 Å². The van der Waals surface area contributed by atoms with E-state index in [1.165, 1.54) is 0 Å². The predicted octanol–water partition coefficient (Wildman–Crippen LogP) is 3.90. The highest BCUT2D eigenvalue weighted by atomic mass is 31.2. The summed E-state index contributed by atoms with van der Waals surface area (Å²) in [7, 11) is -1.15. The van der Waals surface area contributed by atoms with Gasteiger partial charge < -0.3 is 33.0 Å². The Bertz CT molecular complexity index is 999. The standard InChI is InChI=1S/C26H33O7P/c1-26(2)32-23-22(29-16-18-10-6-4-7-11-18)21(31-24(23)33-26)17-30-25-20(28-3)14-15-34(25,27)19-12-8-5-9-13-19/h4-13,20-25H,14-17H2,1-3H3/t20-,21-,22-,23-,24-,25-,34-/m0/s1. The summed E-state index contributed by atoms with van der Waals surface area (Å²) in [5, 5.41) is 0.828. The highest BCUT2D eigenvalue weighted by Crippen LogP contribution is 2.58. The molecule has 34 heavy (non-hydrogen) atoms. The Hall–Kier alpha value is -1.57. The molecule has 3 heterocycles. The van der Waals surface area contributed by atoms with Gasteiger partial charge in [-0.2, -0.15) is 0 Å². The zero-order valence-electron chi connectivity index (χ0n) is 19.9.